The van der Waals surface area contributed by atoms with E-state index in [0.29, 0.717) is 22.9 Å². The molecule has 1 aromatic carbocycles. The SMILES string of the molecule is COc1cccc(C(=O)NCc2nc(C)cc(N(C)C)n2)c1OC. The van der Waals surface area contributed by atoms with Crippen LogP contribution in [-0.2, 0) is 6.54 Å². The second-order valence-electron chi connectivity index (χ2n) is 5.40. The summed E-state index contributed by atoms with van der Waals surface area (Å²) in [5.41, 5.74) is 1.24. The van der Waals surface area contributed by atoms with E-state index in [1.807, 2.05) is 32.0 Å². The van der Waals surface area contributed by atoms with E-state index in [1.165, 1.54) is 14.2 Å². The number of amides is 1. The molecule has 0 atom stereocenters. The number of carbonyl (C=O) groups excluding carboxylic acids is 1. The first kappa shape index (κ1) is 17.5. The second kappa shape index (κ2) is 7.63. The van der Waals surface area contributed by atoms with Crippen LogP contribution in [0, 0.1) is 6.92 Å². The third kappa shape index (κ3) is 3.92. The van der Waals surface area contributed by atoms with Crippen LogP contribution < -0.4 is 19.7 Å². The van der Waals surface area contributed by atoms with Gasteiger partial charge in [-0.2, -0.15) is 0 Å². The first-order chi connectivity index (χ1) is 11.5. The molecule has 0 aliphatic rings. The van der Waals surface area contributed by atoms with Crippen LogP contribution in [0.3, 0.4) is 0 Å². The highest BCUT2D eigenvalue weighted by molar-refractivity contribution is 5.97. The number of benzene rings is 1. The largest absolute Gasteiger partial charge is 0.493 e. The zero-order chi connectivity index (χ0) is 17.7. The molecule has 1 amide bonds. The van der Waals surface area contributed by atoms with Gasteiger partial charge in [-0.05, 0) is 19.1 Å². The summed E-state index contributed by atoms with van der Waals surface area (Å²) in [5.74, 6) is 1.98. The smallest absolute Gasteiger partial charge is 0.255 e. The number of nitrogens with zero attached hydrogens (tertiary/aromatic N) is 3. The van der Waals surface area contributed by atoms with Crippen LogP contribution in [0.5, 0.6) is 11.5 Å². The minimum atomic E-state index is -0.276. The molecule has 0 radical (unpaired) electrons. The predicted molar refractivity (Wildman–Crippen MR) is 91.8 cm³/mol. The third-order valence-corrected chi connectivity index (χ3v) is 3.40. The molecule has 0 saturated heterocycles. The molecular formula is C17H22N4O3. The Balaban J connectivity index is 2.17. The summed E-state index contributed by atoms with van der Waals surface area (Å²) in [6.45, 7) is 2.12. The van der Waals surface area contributed by atoms with Crippen molar-refractivity contribution < 1.29 is 14.3 Å². The summed E-state index contributed by atoms with van der Waals surface area (Å²) < 4.78 is 10.5. The molecule has 7 heteroatoms. The van der Waals surface area contributed by atoms with Crippen molar-refractivity contribution in [3.63, 3.8) is 0 Å². The number of methoxy groups -OCH3 is 2. The fourth-order valence-electron chi connectivity index (χ4n) is 2.24. The minimum Gasteiger partial charge on any atom is -0.493 e. The lowest BCUT2D eigenvalue weighted by atomic mass is 10.1. The molecule has 0 aliphatic carbocycles. The topological polar surface area (TPSA) is 76.6 Å². The van der Waals surface area contributed by atoms with Crippen LogP contribution in [0.2, 0.25) is 0 Å². The quantitative estimate of drug-likeness (QED) is 0.870. The van der Waals surface area contributed by atoms with Crippen molar-refractivity contribution in [2.45, 2.75) is 13.5 Å². The van der Waals surface area contributed by atoms with Crippen molar-refractivity contribution in [1.82, 2.24) is 15.3 Å². The van der Waals surface area contributed by atoms with Crippen LogP contribution in [-0.4, -0.2) is 44.2 Å². The van der Waals surface area contributed by atoms with E-state index in [-0.39, 0.29) is 12.5 Å². The molecule has 128 valence electrons. The number of hydrogen-bond donors (Lipinski definition) is 1. The van der Waals surface area contributed by atoms with Crippen LogP contribution in [0.4, 0.5) is 5.82 Å². The van der Waals surface area contributed by atoms with E-state index in [0.717, 1.165) is 11.5 Å². The zero-order valence-corrected chi connectivity index (χ0v) is 14.6. The summed E-state index contributed by atoms with van der Waals surface area (Å²) in [5, 5.41) is 2.82. The van der Waals surface area contributed by atoms with Gasteiger partial charge in [0.05, 0.1) is 26.3 Å². The van der Waals surface area contributed by atoms with Crippen LogP contribution in [0.25, 0.3) is 0 Å². The van der Waals surface area contributed by atoms with Gasteiger partial charge in [-0.25, -0.2) is 9.97 Å². The molecule has 1 heterocycles. The van der Waals surface area contributed by atoms with E-state index in [2.05, 4.69) is 15.3 Å². The number of hydrogen-bond acceptors (Lipinski definition) is 6. The molecule has 1 aromatic heterocycles. The maximum absolute atomic E-state index is 12.5. The number of aromatic nitrogens is 2. The molecule has 2 rings (SSSR count). The van der Waals surface area contributed by atoms with Crippen LogP contribution in [0.1, 0.15) is 21.9 Å². The van der Waals surface area contributed by atoms with Gasteiger partial charge in [-0.3, -0.25) is 4.79 Å². The number of carbonyl (C=O) groups is 1. The number of nitrogens with one attached hydrogen (secondary N) is 1. The van der Waals surface area contributed by atoms with Crippen molar-refractivity contribution in [2.75, 3.05) is 33.2 Å². The first-order valence-electron chi connectivity index (χ1n) is 7.47. The van der Waals surface area contributed by atoms with Gasteiger partial charge in [0.25, 0.3) is 5.91 Å². The van der Waals surface area contributed by atoms with Crippen molar-refractivity contribution in [3.05, 3.63) is 41.3 Å². The molecule has 0 fully saturated rings. The van der Waals surface area contributed by atoms with E-state index >= 15 is 0 Å². The van der Waals surface area contributed by atoms with E-state index in [9.17, 15) is 4.79 Å². The Hall–Kier alpha value is -2.83. The molecule has 2 aromatic rings. The van der Waals surface area contributed by atoms with E-state index in [4.69, 9.17) is 9.47 Å². The molecule has 1 N–H and O–H groups in total. The van der Waals surface area contributed by atoms with Gasteiger partial charge >= 0.3 is 0 Å². The normalized spacial score (nSPS) is 10.2. The minimum absolute atomic E-state index is 0.224. The summed E-state index contributed by atoms with van der Waals surface area (Å²) in [6.07, 6.45) is 0. The molecule has 7 nitrogen and oxygen atoms in total. The zero-order valence-electron chi connectivity index (χ0n) is 14.6. The molecule has 0 spiro atoms. The fourth-order valence-corrected chi connectivity index (χ4v) is 2.24. The number of rotatable bonds is 6. The molecule has 0 bridgehead atoms. The molecular weight excluding hydrogens is 308 g/mol. The van der Waals surface area contributed by atoms with Crippen molar-refractivity contribution in [2.24, 2.45) is 0 Å². The van der Waals surface area contributed by atoms with Gasteiger partial charge in [-0.1, -0.05) is 6.07 Å². The lowest BCUT2D eigenvalue weighted by Gasteiger charge is -2.14. The maximum atomic E-state index is 12.5. The number of ether oxygens (including phenoxy) is 2. The summed E-state index contributed by atoms with van der Waals surface area (Å²) >= 11 is 0. The molecule has 0 saturated carbocycles. The Bertz CT molecular complexity index is 732. The monoisotopic (exact) mass is 330 g/mol. The highest BCUT2D eigenvalue weighted by Crippen LogP contribution is 2.30. The molecule has 0 aliphatic heterocycles. The maximum Gasteiger partial charge on any atom is 0.255 e. The fraction of sp³-hybridized carbons (Fsp3) is 0.353. The number of aryl methyl sites for hydroxylation is 1. The summed E-state index contributed by atoms with van der Waals surface area (Å²) in [6, 6.07) is 7.04. The summed E-state index contributed by atoms with van der Waals surface area (Å²) in [4.78, 5) is 23.1. The highest BCUT2D eigenvalue weighted by Gasteiger charge is 2.16. The standard InChI is InChI=1S/C17H22N4O3/c1-11-9-15(21(2)3)20-14(19-11)10-18-17(22)12-7-6-8-13(23-4)16(12)24-5/h6-9H,10H2,1-5H3,(H,18,22). The van der Waals surface area contributed by atoms with Crippen molar-refractivity contribution in [3.8, 4) is 11.5 Å². The Morgan fingerprint density at radius 2 is 1.96 bits per heavy atom. The van der Waals surface area contributed by atoms with Gasteiger partial charge in [0.1, 0.15) is 11.6 Å². The van der Waals surface area contributed by atoms with Crippen molar-refractivity contribution >= 4 is 11.7 Å². The second-order valence-corrected chi connectivity index (χ2v) is 5.40. The number of para-hydroxylation sites is 1. The average molecular weight is 330 g/mol. The van der Waals surface area contributed by atoms with Gasteiger partial charge in [-0.15, -0.1) is 0 Å². The first-order valence-corrected chi connectivity index (χ1v) is 7.47. The Labute approximate surface area is 141 Å². The summed E-state index contributed by atoms with van der Waals surface area (Å²) in [7, 11) is 6.85. The Kier molecular flexibility index (Phi) is 5.57. The van der Waals surface area contributed by atoms with Crippen LogP contribution >= 0.6 is 0 Å². The van der Waals surface area contributed by atoms with Gasteiger partial charge in [0.15, 0.2) is 11.5 Å². The van der Waals surface area contributed by atoms with E-state index in [1.54, 1.807) is 18.2 Å². The number of anilines is 1. The van der Waals surface area contributed by atoms with E-state index < -0.39 is 0 Å². The molecule has 24 heavy (non-hydrogen) atoms. The third-order valence-electron chi connectivity index (χ3n) is 3.40. The highest BCUT2D eigenvalue weighted by atomic mass is 16.5. The average Bonchev–Trinajstić information content (AvgIpc) is 2.58. The Morgan fingerprint density at radius 1 is 1.21 bits per heavy atom. The van der Waals surface area contributed by atoms with Gasteiger partial charge in [0.2, 0.25) is 0 Å². The van der Waals surface area contributed by atoms with Gasteiger partial charge in [0, 0.05) is 25.9 Å². The lowest BCUT2D eigenvalue weighted by Crippen LogP contribution is -2.25. The predicted octanol–water partition coefficient (Wildman–Crippen LogP) is 1.80. The Morgan fingerprint density at radius 3 is 2.58 bits per heavy atom. The van der Waals surface area contributed by atoms with Gasteiger partial charge < -0.3 is 19.7 Å². The molecule has 0 unspecified atom stereocenters. The van der Waals surface area contributed by atoms with Crippen LogP contribution in [0.15, 0.2) is 24.3 Å². The lowest BCUT2D eigenvalue weighted by molar-refractivity contribution is 0.0946. The van der Waals surface area contributed by atoms with Crippen molar-refractivity contribution in [1.29, 1.82) is 0 Å².